The summed E-state index contributed by atoms with van der Waals surface area (Å²) in [5.41, 5.74) is 5.75. The maximum Gasteiger partial charge on any atom is 0.411 e. The standard InChI is InChI=1S/C24H26BrN3O3/c1-3-22-20(13-14-29)23(4-2)28(27-22)15-17-9-11-19(12-10-17)26-24(30)31-16-18-7-5-6-8-21(18)25/h5-12,14H,3-4,13,15-16H2,1-2H3,(H,26,30). The Hall–Kier alpha value is -2.93. The van der Waals surface area contributed by atoms with Crippen molar-refractivity contribution in [3.05, 3.63) is 81.1 Å². The molecule has 0 bridgehead atoms. The molecule has 0 radical (unpaired) electrons. The predicted molar refractivity (Wildman–Crippen MR) is 124 cm³/mol. The molecule has 1 aromatic heterocycles. The fraction of sp³-hybridized carbons (Fsp3) is 0.292. The van der Waals surface area contributed by atoms with Gasteiger partial charge in [-0.3, -0.25) is 10.00 Å². The molecule has 0 saturated heterocycles. The maximum atomic E-state index is 12.1. The van der Waals surface area contributed by atoms with Crippen LogP contribution < -0.4 is 5.32 Å². The van der Waals surface area contributed by atoms with Crippen LogP contribution >= 0.6 is 15.9 Å². The fourth-order valence-corrected chi connectivity index (χ4v) is 3.90. The summed E-state index contributed by atoms with van der Waals surface area (Å²) < 4.78 is 8.18. The SMILES string of the molecule is CCc1nn(Cc2ccc(NC(=O)OCc3ccccc3Br)cc2)c(CC)c1CC=O. The number of aromatic nitrogens is 2. The topological polar surface area (TPSA) is 73.2 Å². The number of halogens is 1. The van der Waals surface area contributed by atoms with Crippen molar-refractivity contribution in [3.8, 4) is 0 Å². The van der Waals surface area contributed by atoms with Gasteiger partial charge in [-0.15, -0.1) is 0 Å². The van der Waals surface area contributed by atoms with Crippen molar-refractivity contribution >= 4 is 34.0 Å². The minimum absolute atomic E-state index is 0.188. The molecule has 7 heteroatoms. The molecule has 0 atom stereocenters. The summed E-state index contributed by atoms with van der Waals surface area (Å²) in [6.45, 7) is 4.93. The molecule has 1 heterocycles. The van der Waals surface area contributed by atoms with Crippen molar-refractivity contribution in [2.45, 2.75) is 46.3 Å². The smallest absolute Gasteiger partial charge is 0.411 e. The van der Waals surface area contributed by atoms with Gasteiger partial charge in [0.15, 0.2) is 0 Å². The van der Waals surface area contributed by atoms with Gasteiger partial charge in [0.25, 0.3) is 0 Å². The number of nitrogens with one attached hydrogen (secondary N) is 1. The van der Waals surface area contributed by atoms with Gasteiger partial charge in [0, 0.05) is 33.4 Å². The molecular formula is C24H26BrN3O3. The van der Waals surface area contributed by atoms with Crippen LogP contribution in [0.3, 0.4) is 0 Å². The van der Waals surface area contributed by atoms with E-state index in [1.165, 1.54) is 0 Å². The largest absolute Gasteiger partial charge is 0.444 e. The van der Waals surface area contributed by atoms with Crippen molar-refractivity contribution in [2.24, 2.45) is 0 Å². The molecule has 0 aliphatic heterocycles. The Balaban J connectivity index is 1.62. The maximum absolute atomic E-state index is 12.1. The predicted octanol–water partition coefficient (Wildman–Crippen LogP) is 5.31. The van der Waals surface area contributed by atoms with Gasteiger partial charge in [-0.05, 0) is 36.6 Å². The number of carbonyl (C=O) groups excluding carboxylic acids is 2. The van der Waals surface area contributed by atoms with E-state index < -0.39 is 6.09 Å². The lowest BCUT2D eigenvalue weighted by atomic mass is 10.1. The summed E-state index contributed by atoms with van der Waals surface area (Å²) in [5, 5.41) is 7.46. The number of aldehydes is 1. The molecule has 0 spiro atoms. The van der Waals surface area contributed by atoms with Crippen molar-refractivity contribution in [2.75, 3.05) is 5.32 Å². The van der Waals surface area contributed by atoms with Crippen LogP contribution in [0, 0.1) is 0 Å². The van der Waals surface area contributed by atoms with E-state index >= 15 is 0 Å². The number of hydrogen-bond acceptors (Lipinski definition) is 4. The number of amides is 1. The third kappa shape index (κ3) is 5.82. The van der Waals surface area contributed by atoms with Gasteiger partial charge in [0.05, 0.1) is 12.2 Å². The van der Waals surface area contributed by atoms with Crippen LogP contribution in [0.1, 0.15) is 41.9 Å². The van der Waals surface area contributed by atoms with Crippen LogP contribution in [0.25, 0.3) is 0 Å². The molecule has 0 fully saturated rings. The highest BCUT2D eigenvalue weighted by atomic mass is 79.9. The molecule has 0 aliphatic carbocycles. The van der Waals surface area contributed by atoms with Gasteiger partial charge in [-0.1, -0.05) is 60.1 Å². The van der Waals surface area contributed by atoms with Crippen LogP contribution in [0.15, 0.2) is 53.0 Å². The lowest BCUT2D eigenvalue weighted by Gasteiger charge is -2.10. The molecule has 3 aromatic rings. The first-order valence-electron chi connectivity index (χ1n) is 10.3. The van der Waals surface area contributed by atoms with Gasteiger partial charge >= 0.3 is 6.09 Å². The minimum atomic E-state index is -0.505. The number of hydrogen-bond donors (Lipinski definition) is 1. The van der Waals surface area contributed by atoms with E-state index in [0.29, 0.717) is 18.7 Å². The zero-order valence-corrected chi connectivity index (χ0v) is 19.3. The Morgan fingerprint density at radius 3 is 2.52 bits per heavy atom. The van der Waals surface area contributed by atoms with Gasteiger partial charge in [0.1, 0.15) is 12.9 Å². The summed E-state index contributed by atoms with van der Waals surface area (Å²) in [4.78, 5) is 23.2. The van der Waals surface area contributed by atoms with Crippen LogP contribution in [0.5, 0.6) is 0 Å². The van der Waals surface area contributed by atoms with Gasteiger partial charge in [-0.25, -0.2) is 4.79 Å². The van der Waals surface area contributed by atoms with Gasteiger partial charge < -0.3 is 9.53 Å². The van der Waals surface area contributed by atoms with E-state index in [4.69, 9.17) is 9.84 Å². The van der Waals surface area contributed by atoms with Gasteiger partial charge in [0.2, 0.25) is 0 Å². The van der Waals surface area contributed by atoms with Crippen LogP contribution in [-0.2, 0) is 41.9 Å². The number of aryl methyl sites for hydroxylation is 1. The number of nitrogens with zero attached hydrogens (tertiary/aromatic N) is 2. The van der Waals surface area contributed by atoms with Crippen molar-refractivity contribution in [1.29, 1.82) is 0 Å². The first-order chi connectivity index (χ1) is 15.0. The lowest BCUT2D eigenvalue weighted by molar-refractivity contribution is -0.107. The molecule has 2 aromatic carbocycles. The lowest BCUT2D eigenvalue weighted by Crippen LogP contribution is -2.13. The number of carbonyl (C=O) groups is 2. The molecule has 162 valence electrons. The van der Waals surface area contributed by atoms with Gasteiger partial charge in [-0.2, -0.15) is 5.10 Å². The van der Waals surface area contributed by atoms with E-state index in [2.05, 4.69) is 35.1 Å². The summed E-state index contributed by atoms with van der Waals surface area (Å²) in [6.07, 6.45) is 2.45. The average Bonchev–Trinajstić information content (AvgIpc) is 3.11. The van der Waals surface area contributed by atoms with Crippen LogP contribution in [0.4, 0.5) is 10.5 Å². The number of anilines is 1. The number of ether oxygens (including phenoxy) is 1. The molecule has 6 nitrogen and oxygen atoms in total. The van der Waals surface area contributed by atoms with Crippen molar-refractivity contribution in [1.82, 2.24) is 9.78 Å². The highest BCUT2D eigenvalue weighted by Gasteiger charge is 2.15. The molecule has 31 heavy (non-hydrogen) atoms. The Labute approximate surface area is 190 Å². The second-order valence-corrected chi connectivity index (χ2v) is 7.95. The molecule has 1 N–H and O–H groups in total. The Kier molecular flexibility index (Phi) is 8.00. The summed E-state index contributed by atoms with van der Waals surface area (Å²) in [7, 11) is 0. The van der Waals surface area contributed by atoms with E-state index in [-0.39, 0.29) is 6.61 Å². The third-order valence-electron chi connectivity index (χ3n) is 5.06. The van der Waals surface area contributed by atoms with E-state index in [9.17, 15) is 9.59 Å². The number of benzene rings is 2. The number of rotatable bonds is 9. The molecule has 1 amide bonds. The first kappa shape index (κ1) is 22.7. The molecule has 0 saturated carbocycles. The Morgan fingerprint density at radius 2 is 1.87 bits per heavy atom. The Morgan fingerprint density at radius 1 is 1.13 bits per heavy atom. The minimum Gasteiger partial charge on any atom is -0.444 e. The normalized spacial score (nSPS) is 10.7. The summed E-state index contributed by atoms with van der Waals surface area (Å²) in [6, 6.07) is 15.2. The molecule has 3 rings (SSSR count). The molecular weight excluding hydrogens is 458 g/mol. The zero-order valence-electron chi connectivity index (χ0n) is 17.7. The second kappa shape index (κ2) is 10.9. The van der Waals surface area contributed by atoms with E-state index in [1.807, 2.05) is 53.2 Å². The van der Waals surface area contributed by atoms with Crippen molar-refractivity contribution in [3.63, 3.8) is 0 Å². The van der Waals surface area contributed by atoms with Crippen molar-refractivity contribution < 1.29 is 14.3 Å². The Bertz CT molecular complexity index is 1040. The average molecular weight is 484 g/mol. The molecule has 0 aliphatic rings. The molecule has 0 unspecified atom stereocenters. The van der Waals surface area contributed by atoms with E-state index in [1.54, 1.807) is 0 Å². The highest BCUT2D eigenvalue weighted by Crippen LogP contribution is 2.20. The third-order valence-corrected chi connectivity index (χ3v) is 5.83. The second-order valence-electron chi connectivity index (χ2n) is 7.10. The first-order valence-corrected chi connectivity index (χ1v) is 11.1. The summed E-state index contributed by atoms with van der Waals surface area (Å²) >= 11 is 3.44. The monoisotopic (exact) mass is 483 g/mol. The summed E-state index contributed by atoms with van der Waals surface area (Å²) in [5.74, 6) is 0. The van der Waals surface area contributed by atoms with Crippen LogP contribution in [-0.4, -0.2) is 22.2 Å². The van der Waals surface area contributed by atoms with E-state index in [0.717, 1.165) is 51.7 Å². The fourth-order valence-electron chi connectivity index (χ4n) is 3.50. The highest BCUT2D eigenvalue weighted by molar-refractivity contribution is 9.10. The quantitative estimate of drug-likeness (QED) is 0.418. The zero-order chi connectivity index (χ0) is 22.2. The van der Waals surface area contributed by atoms with Crippen LogP contribution in [0.2, 0.25) is 0 Å².